The maximum atomic E-state index is 11.8. The molecule has 0 heterocycles. The molecule has 25 heavy (non-hydrogen) atoms. The Morgan fingerprint density at radius 2 is 1.40 bits per heavy atom. The number of hydrogen-bond acceptors (Lipinski definition) is 3. The molecule has 0 bridgehead atoms. The Morgan fingerprint density at radius 3 is 1.96 bits per heavy atom. The standard InChI is InChI=1S/C19H22N4O2/c1-14-7-3-5-9-16(14)22-18(24)11-20-13-21-12-19(25)23-17-10-6-4-8-15(17)2/h3-10,13H,11-12H2,1-2H3,(H,20,21)(H,22,24)(H,23,25). The van der Waals surface area contributed by atoms with Gasteiger partial charge in [0.15, 0.2) is 0 Å². The van der Waals surface area contributed by atoms with Crippen LogP contribution in [0.1, 0.15) is 11.1 Å². The minimum atomic E-state index is -0.211. The molecule has 0 fully saturated rings. The predicted molar refractivity (Wildman–Crippen MR) is 101 cm³/mol. The third-order valence-electron chi connectivity index (χ3n) is 3.52. The zero-order chi connectivity index (χ0) is 18.1. The van der Waals surface area contributed by atoms with Gasteiger partial charge in [-0.15, -0.1) is 0 Å². The van der Waals surface area contributed by atoms with Gasteiger partial charge in [0, 0.05) is 11.4 Å². The number of carbonyl (C=O) groups is 2. The Kier molecular flexibility index (Phi) is 6.71. The van der Waals surface area contributed by atoms with Gasteiger partial charge in [0.1, 0.15) is 6.54 Å². The molecule has 2 aromatic rings. The van der Waals surface area contributed by atoms with E-state index >= 15 is 0 Å². The second-order valence-electron chi connectivity index (χ2n) is 5.58. The van der Waals surface area contributed by atoms with Crippen molar-refractivity contribution < 1.29 is 9.59 Å². The van der Waals surface area contributed by atoms with Crippen LogP contribution in [-0.2, 0) is 9.59 Å². The molecule has 6 heteroatoms. The number of para-hydroxylation sites is 2. The molecule has 3 N–H and O–H groups in total. The van der Waals surface area contributed by atoms with E-state index in [1.807, 2.05) is 62.4 Å². The first kappa shape index (κ1) is 18.2. The van der Waals surface area contributed by atoms with Crippen LogP contribution in [0.5, 0.6) is 0 Å². The van der Waals surface area contributed by atoms with Gasteiger partial charge in [-0.25, -0.2) is 0 Å². The zero-order valence-corrected chi connectivity index (χ0v) is 14.4. The van der Waals surface area contributed by atoms with E-state index in [0.29, 0.717) is 0 Å². The minimum absolute atomic E-state index is 0.0131. The van der Waals surface area contributed by atoms with Gasteiger partial charge in [-0.05, 0) is 37.1 Å². The maximum Gasteiger partial charge on any atom is 0.246 e. The van der Waals surface area contributed by atoms with Gasteiger partial charge >= 0.3 is 0 Å². The normalized spacial score (nSPS) is 10.5. The molecule has 0 aliphatic heterocycles. The summed E-state index contributed by atoms with van der Waals surface area (Å²) in [5, 5.41) is 8.37. The summed E-state index contributed by atoms with van der Waals surface area (Å²) in [7, 11) is 0. The van der Waals surface area contributed by atoms with Crippen LogP contribution in [0.15, 0.2) is 53.5 Å². The summed E-state index contributed by atoms with van der Waals surface area (Å²) in [6.07, 6.45) is 1.37. The number of rotatable bonds is 7. The second kappa shape index (κ2) is 9.22. The molecule has 2 rings (SSSR count). The van der Waals surface area contributed by atoms with E-state index in [4.69, 9.17) is 0 Å². The fourth-order valence-corrected chi connectivity index (χ4v) is 2.14. The topological polar surface area (TPSA) is 82.6 Å². The SMILES string of the molecule is Cc1ccccc1NC(=O)CN=CNCC(=O)Nc1ccccc1C. The van der Waals surface area contributed by atoms with Gasteiger partial charge in [0.25, 0.3) is 0 Å². The molecule has 0 aromatic heterocycles. The third kappa shape index (κ3) is 6.10. The van der Waals surface area contributed by atoms with Crippen LogP contribution in [-0.4, -0.2) is 31.2 Å². The molecular weight excluding hydrogens is 316 g/mol. The van der Waals surface area contributed by atoms with Crippen molar-refractivity contribution >= 4 is 29.5 Å². The zero-order valence-electron chi connectivity index (χ0n) is 14.4. The molecule has 0 saturated heterocycles. The molecule has 0 saturated carbocycles. The van der Waals surface area contributed by atoms with Crippen LogP contribution >= 0.6 is 0 Å². The van der Waals surface area contributed by atoms with Gasteiger partial charge in [-0.2, -0.15) is 0 Å². The fourth-order valence-electron chi connectivity index (χ4n) is 2.14. The number of nitrogens with one attached hydrogen (secondary N) is 3. The molecule has 6 nitrogen and oxygen atoms in total. The molecule has 130 valence electrons. The van der Waals surface area contributed by atoms with Crippen molar-refractivity contribution in [1.82, 2.24) is 5.32 Å². The van der Waals surface area contributed by atoms with Crippen LogP contribution in [0.4, 0.5) is 11.4 Å². The van der Waals surface area contributed by atoms with Crippen molar-refractivity contribution in [3.8, 4) is 0 Å². The van der Waals surface area contributed by atoms with Gasteiger partial charge in [-0.3, -0.25) is 14.6 Å². The Labute approximate surface area is 147 Å². The van der Waals surface area contributed by atoms with Crippen LogP contribution in [0, 0.1) is 13.8 Å². The highest BCUT2D eigenvalue weighted by molar-refractivity contribution is 5.95. The van der Waals surface area contributed by atoms with Gasteiger partial charge in [0.2, 0.25) is 11.8 Å². The van der Waals surface area contributed by atoms with E-state index in [9.17, 15) is 9.59 Å². The Hall–Kier alpha value is -3.15. The summed E-state index contributed by atoms with van der Waals surface area (Å²) in [5.41, 5.74) is 3.54. The summed E-state index contributed by atoms with van der Waals surface area (Å²) < 4.78 is 0. The van der Waals surface area contributed by atoms with Crippen LogP contribution in [0.2, 0.25) is 0 Å². The molecule has 0 spiro atoms. The Balaban J connectivity index is 1.69. The monoisotopic (exact) mass is 338 g/mol. The molecule has 2 aromatic carbocycles. The van der Waals surface area contributed by atoms with E-state index in [-0.39, 0.29) is 24.9 Å². The van der Waals surface area contributed by atoms with Crippen molar-refractivity contribution in [1.29, 1.82) is 0 Å². The predicted octanol–water partition coefficient (Wildman–Crippen LogP) is 2.50. The summed E-state index contributed by atoms with van der Waals surface area (Å²) in [6.45, 7) is 3.92. The Morgan fingerprint density at radius 1 is 0.880 bits per heavy atom. The van der Waals surface area contributed by atoms with Crippen LogP contribution < -0.4 is 16.0 Å². The quantitative estimate of drug-likeness (QED) is 0.536. The summed E-state index contributed by atoms with van der Waals surface area (Å²) in [4.78, 5) is 27.6. The first-order chi connectivity index (χ1) is 12.1. The summed E-state index contributed by atoms with van der Waals surface area (Å²) in [5.74, 6) is -0.387. The maximum absolute atomic E-state index is 11.8. The molecule has 0 aliphatic carbocycles. The number of anilines is 2. The van der Waals surface area contributed by atoms with E-state index < -0.39 is 0 Å². The lowest BCUT2D eigenvalue weighted by Gasteiger charge is -2.08. The summed E-state index contributed by atoms with van der Waals surface area (Å²) >= 11 is 0. The summed E-state index contributed by atoms with van der Waals surface area (Å²) in [6, 6.07) is 15.1. The van der Waals surface area contributed by atoms with E-state index in [2.05, 4.69) is 20.9 Å². The van der Waals surface area contributed by atoms with Crippen molar-refractivity contribution in [2.45, 2.75) is 13.8 Å². The smallest absolute Gasteiger partial charge is 0.246 e. The van der Waals surface area contributed by atoms with Crippen molar-refractivity contribution in [2.24, 2.45) is 4.99 Å². The number of hydrogen-bond donors (Lipinski definition) is 3. The van der Waals surface area contributed by atoms with Gasteiger partial charge in [-0.1, -0.05) is 36.4 Å². The van der Waals surface area contributed by atoms with Gasteiger partial charge in [0.05, 0.1) is 12.9 Å². The number of benzene rings is 2. The molecule has 2 amide bonds. The van der Waals surface area contributed by atoms with Crippen LogP contribution in [0.25, 0.3) is 0 Å². The van der Waals surface area contributed by atoms with E-state index in [1.54, 1.807) is 0 Å². The highest BCUT2D eigenvalue weighted by atomic mass is 16.2. The Bertz CT molecular complexity index is 772. The molecule has 0 unspecified atom stereocenters. The average molecular weight is 338 g/mol. The second-order valence-corrected chi connectivity index (χ2v) is 5.58. The lowest BCUT2D eigenvalue weighted by molar-refractivity contribution is -0.115. The lowest BCUT2D eigenvalue weighted by Crippen LogP contribution is -2.27. The highest BCUT2D eigenvalue weighted by Gasteiger charge is 2.04. The number of aliphatic imine (C=N–C) groups is 1. The lowest BCUT2D eigenvalue weighted by atomic mass is 10.2. The number of amides is 2. The average Bonchev–Trinajstić information content (AvgIpc) is 2.59. The molecule has 0 radical (unpaired) electrons. The van der Waals surface area contributed by atoms with E-state index in [1.165, 1.54) is 6.34 Å². The number of carbonyl (C=O) groups excluding carboxylic acids is 2. The molecular formula is C19H22N4O2. The first-order valence-corrected chi connectivity index (χ1v) is 7.99. The molecule has 0 aliphatic rings. The fraction of sp³-hybridized carbons (Fsp3) is 0.211. The number of nitrogens with zero attached hydrogens (tertiary/aromatic N) is 1. The van der Waals surface area contributed by atoms with Crippen LogP contribution in [0.3, 0.4) is 0 Å². The third-order valence-corrected chi connectivity index (χ3v) is 3.52. The van der Waals surface area contributed by atoms with Crippen molar-refractivity contribution in [3.63, 3.8) is 0 Å². The van der Waals surface area contributed by atoms with Gasteiger partial charge < -0.3 is 16.0 Å². The van der Waals surface area contributed by atoms with Crippen molar-refractivity contribution in [3.05, 3.63) is 59.7 Å². The van der Waals surface area contributed by atoms with E-state index in [0.717, 1.165) is 22.5 Å². The highest BCUT2D eigenvalue weighted by Crippen LogP contribution is 2.13. The van der Waals surface area contributed by atoms with Crippen molar-refractivity contribution in [2.75, 3.05) is 23.7 Å². The number of aryl methyl sites for hydroxylation is 2. The molecule has 0 atom stereocenters. The largest absolute Gasteiger partial charge is 0.367 e. The first-order valence-electron chi connectivity index (χ1n) is 7.99. The minimum Gasteiger partial charge on any atom is -0.367 e.